The largest absolute Gasteiger partial charge is 0.355 e. The number of nitrogens with two attached hydrogens (primary N) is 1. The van der Waals surface area contributed by atoms with Gasteiger partial charge >= 0.3 is 0 Å². The first-order valence-electron chi connectivity index (χ1n) is 5.26. The summed E-state index contributed by atoms with van der Waals surface area (Å²) in [6, 6.07) is 0. The summed E-state index contributed by atoms with van der Waals surface area (Å²) in [4.78, 5) is 11.6. The summed E-state index contributed by atoms with van der Waals surface area (Å²) < 4.78 is 0. The molecule has 1 spiro atoms. The van der Waals surface area contributed by atoms with Crippen LogP contribution in [0.15, 0.2) is 0 Å². The molecular formula is C10H18N2O. The van der Waals surface area contributed by atoms with E-state index < -0.39 is 0 Å². The van der Waals surface area contributed by atoms with Crippen LogP contribution in [0.25, 0.3) is 0 Å². The molecule has 2 rings (SSSR count). The summed E-state index contributed by atoms with van der Waals surface area (Å²) in [5.74, 6) is 0.451. The highest BCUT2D eigenvalue weighted by Gasteiger charge is 2.48. The molecule has 1 amide bonds. The molecule has 1 aliphatic heterocycles. The Hall–Kier alpha value is -0.570. The molecule has 1 unspecified atom stereocenters. The van der Waals surface area contributed by atoms with E-state index in [1.165, 1.54) is 25.7 Å². The smallest absolute Gasteiger partial charge is 0.223 e. The first-order valence-corrected chi connectivity index (χ1v) is 5.26. The zero-order valence-corrected chi connectivity index (χ0v) is 8.01. The lowest BCUT2D eigenvalue weighted by atomic mass is 9.75. The summed E-state index contributed by atoms with van der Waals surface area (Å²) in [6.45, 7) is 1.54. The van der Waals surface area contributed by atoms with Gasteiger partial charge in [-0.3, -0.25) is 4.79 Å². The van der Waals surface area contributed by atoms with Gasteiger partial charge in [0, 0.05) is 12.5 Å². The summed E-state index contributed by atoms with van der Waals surface area (Å²) >= 11 is 0. The molecule has 1 aliphatic carbocycles. The first-order chi connectivity index (χ1) is 6.28. The number of amides is 1. The van der Waals surface area contributed by atoms with Crippen LogP contribution in [0, 0.1) is 11.3 Å². The Balaban J connectivity index is 2.13. The molecule has 1 atom stereocenters. The quantitative estimate of drug-likeness (QED) is 0.658. The van der Waals surface area contributed by atoms with Crippen LogP contribution in [0.1, 0.15) is 32.1 Å². The van der Waals surface area contributed by atoms with E-state index in [4.69, 9.17) is 5.73 Å². The third-order valence-corrected chi connectivity index (χ3v) is 3.73. The number of carbonyl (C=O) groups excluding carboxylic acids is 1. The molecule has 1 saturated heterocycles. The number of hydrogen-bond donors (Lipinski definition) is 2. The number of hydrogen-bond acceptors (Lipinski definition) is 2. The average Bonchev–Trinajstić information content (AvgIpc) is 2.69. The molecule has 1 saturated carbocycles. The molecule has 0 aromatic heterocycles. The fourth-order valence-electron chi connectivity index (χ4n) is 3.00. The van der Waals surface area contributed by atoms with Crippen LogP contribution in [-0.4, -0.2) is 19.0 Å². The molecule has 0 aromatic rings. The second kappa shape index (κ2) is 3.29. The molecule has 74 valence electrons. The van der Waals surface area contributed by atoms with Crippen molar-refractivity contribution in [2.75, 3.05) is 13.1 Å². The zero-order valence-electron chi connectivity index (χ0n) is 8.01. The maximum atomic E-state index is 11.6. The van der Waals surface area contributed by atoms with Gasteiger partial charge in [0.25, 0.3) is 0 Å². The lowest BCUT2D eigenvalue weighted by Gasteiger charge is -2.27. The second-order valence-electron chi connectivity index (χ2n) is 4.42. The van der Waals surface area contributed by atoms with Crippen molar-refractivity contribution >= 4 is 5.91 Å². The second-order valence-corrected chi connectivity index (χ2v) is 4.42. The van der Waals surface area contributed by atoms with Crippen molar-refractivity contribution in [3.63, 3.8) is 0 Å². The van der Waals surface area contributed by atoms with Crippen molar-refractivity contribution in [2.45, 2.75) is 32.1 Å². The average molecular weight is 182 g/mol. The van der Waals surface area contributed by atoms with Crippen molar-refractivity contribution in [3.8, 4) is 0 Å². The number of rotatable bonds is 2. The predicted octanol–water partition coefficient (Wildman–Crippen LogP) is 0.642. The fraction of sp³-hybridized carbons (Fsp3) is 0.900. The molecule has 3 heteroatoms. The van der Waals surface area contributed by atoms with Gasteiger partial charge in [-0.15, -0.1) is 0 Å². The van der Waals surface area contributed by atoms with E-state index >= 15 is 0 Å². The van der Waals surface area contributed by atoms with Crippen LogP contribution >= 0.6 is 0 Å². The molecule has 1 heterocycles. The maximum absolute atomic E-state index is 11.6. The highest BCUT2D eigenvalue weighted by molar-refractivity contribution is 5.82. The Morgan fingerprint density at radius 2 is 2.15 bits per heavy atom. The summed E-state index contributed by atoms with van der Waals surface area (Å²) in [6.07, 6.45) is 5.88. The fourth-order valence-corrected chi connectivity index (χ4v) is 3.00. The molecule has 0 aromatic carbocycles. The molecule has 2 fully saturated rings. The SMILES string of the molecule is NCCC1C(=O)NCC12CCCC2. The van der Waals surface area contributed by atoms with E-state index in [0.717, 1.165) is 13.0 Å². The Morgan fingerprint density at radius 3 is 2.77 bits per heavy atom. The van der Waals surface area contributed by atoms with Gasteiger partial charge < -0.3 is 11.1 Å². The van der Waals surface area contributed by atoms with Gasteiger partial charge in [-0.2, -0.15) is 0 Å². The Bertz CT molecular complexity index is 209. The van der Waals surface area contributed by atoms with Gasteiger partial charge in [0.15, 0.2) is 0 Å². The van der Waals surface area contributed by atoms with Crippen molar-refractivity contribution < 1.29 is 4.79 Å². The van der Waals surface area contributed by atoms with Gasteiger partial charge in [-0.1, -0.05) is 12.8 Å². The van der Waals surface area contributed by atoms with Crippen molar-refractivity contribution in [1.29, 1.82) is 0 Å². The highest BCUT2D eigenvalue weighted by Crippen LogP contribution is 2.47. The van der Waals surface area contributed by atoms with Crippen LogP contribution in [0.3, 0.4) is 0 Å². The Kier molecular flexibility index (Phi) is 2.28. The van der Waals surface area contributed by atoms with Gasteiger partial charge in [0.1, 0.15) is 0 Å². The van der Waals surface area contributed by atoms with E-state index in [9.17, 15) is 4.79 Å². The third-order valence-electron chi connectivity index (χ3n) is 3.73. The standard InChI is InChI=1S/C10H18N2O/c11-6-3-8-9(13)12-7-10(8)4-1-2-5-10/h8H,1-7,11H2,(H,12,13). The lowest BCUT2D eigenvalue weighted by molar-refractivity contribution is -0.124. The minimum atomic E-state index is 0.208. The summed E-state index contributed by atoms with van der Waals surface area (Å²) in [5, 5.41) is 2.99. The van der Waals surface area contributed by atoms with E-state index in [-0.39, 0.29) is 17.2 Å². The van der Waals surface area contributed by atoms with Crippen LogP contribution in [-0.2, 0) is 4.79 Å². The van der Waals surface area contributed by atoms with Crippen LogP contribution in [0.2, 0.25) is 0 Å². The zero-order chi connectivity index (χ0) is 9.31. The molecule has 0 radical (unpaired) electrons. The van der Waals surface area contributed by atoms with Gasteiger partial charge in [0.2, 0.25) is 5.91 Å². The third kappa shape index (κ3) is 1.35. The normalized spacial score (nSPS) is 31.2. The van der Waals surface area contributed by atoms with Crippen LogP contribution in [0.4, 0.5) is 0 Å². The van der Waals surface area contributed by atoms with E-state index in [0.29, 0.717) is 6.54 Å². The van der Waals surface area contributed by atoms with Gasteiger partial charge in [-0.05, 0) is 31.2 Å². The molecule has 3 nitrogen and oxygen atoms in total. The van der Waals surface area contributed by atoms with Crippen molar-refractivity contribution in [2.24, 2.45) is 17.1 Å². The van der Waals surface area contributed by atoms with E-state index in [2.05, 4.69) is 5.32 Å². The number of carbonyl (C=O) groups is 1. The minimum Gasteiger partial charge on any atom is -0.355 e. The van der Waals surface area contributed by atoms with Gasteiger partial charge in [-0.25, -0.2) is 0 Å². The molecular weight excluding hydrogens is 164 g/mol. The van der Waals surface area contributed by atoms with Gasteiger partial charge in [0.05, 0.1) is 0 Å². The molecule has 0 bridgehead atoms. The minimum absolute atomic E-state index is 0.208. The van der Waals surface area contributed by atoms with Crippen LogP contribution in [0.5, 0.6) is 0 Å². The van der Waals surface area contributed by atoms with Crippen molar-refractivity contribution in [3.05, 3.63) is 0 Å². The maximum Gasteiger partial charge on any atom is 0.223 e. The Labute approximate surface area is 79.1 Å². The summed E-state index contributed by atoms with van der Waals surface area (Å²) in [5.41, 5.74) is 5.83. The van der Waals surface area contributed by atoms with Crippen LogP contribution < -0.4 is 11.1 Å². The monoisotopic (exact) mass is 182 g/mol. The van der Waals surface area contributed by atoms with E-state index in [1.807, 2.05) is 0 Å². The number of nitrogens with one attached hydrogen (secondary N) is 1. The predicted molar refractivity (Wildman–Crippen MR) is 51.1 cm³/mol. The lowest BCUT2D eigenvalue weighted by Crippen LogP contribution is -2.29. The first kappa shape index (κ1) is 9.00. The van der Waals surface area contributed by atoms with Crippen molar-refractivity contribution in [1.82, 2.24) is 5.32 Å². The topological polar surface area (TPSA) is 55.1 Å². The summed E-state index contributed by atoms with van der Waals surface area (Å²) in [7, 11) is 0. The molecule has 13 heavy (non-hydrogen) atoms. The Morgan fingerprint density at radius 1 is 1.46 bits per heavy atom. The highest BCUT2D eigenvalue weighted by atomic mass is 16.2. The molecule has 2 aliphatic rings. The van der Waals surface area contributed by atoms with E-state index in [1.54, 1.807) is 0 Å². The molecule has 3 N–H and O–H groups in total.